The van der Waals surface area contributed by atoms with Crippen molar-refractivity contribution < 1.29 is 18.0 Å². The zero-order chi connectivity index (χ0) is 21.3. The van der Waals surface area contributed by atoms with Crippen LogP contribution in [0.25, 0.3) is 0 Å². The van der Waals surface area contributed by atoms with E-state index in [0.29, 0.717) is 24.3 Å². The Bertz CT molecular complexity index is 1050. The number of sulfonamides is 1. The van der Waals surface area contributed by atoms with E-state index in [9.17, 15) is 18.0 Å². The molecule has 160 valence electrons. The van der Waals surface area contributed by atoms with Gasteiger partial charge in [0, 0.05) is 50.7 Å². The van der Waals surface area contributed by atoms with Crippen LogP contribution >= 0.6 is 0 Å². The molecular formula is C21H26N4O4S. The van der Waals surface area contributed by atoms with Crippen LogP contribution in [0.1, 0.15) is 46.5 Å². The second-order valence-electron chi connectivity index (χ2n) is 7.81. The molecule has 2 amide bonds. The minimum atomic E-state index is -3.58. The lowest BCUT2D eigenvalue weighted by atomic mass is 10.2. The highest BCUT2D eigenvalue weighted by molar-refractivity contribution is 7.89. The summed E-state index contributed by atoms with van der Waals surface area (Å²) in [7, 11) is -1.93. The number of nitrogens with zero attached hydrogens (tertiary/aromatic N) is 3. The monoisotopic (exact) mass is 430 g/mol. The quantitative estimate of drug-likeness (QED) is 0.788. The van der Waals surface area contributed by atoms with Gasteiger partial charge in [0.1, 0.15) is 10.6 Å². The number of benzene rings is 1. The molecule has 1 aromatic carbocycles. The van der Waals surface area contributed by atoms with Crippen molar-refractivity contribution in [3.05, 3.63) is 47.8 Å². The maximum atomic E-state index is 12.7. The number of hydrogen-bond donors (Lipinski definition) is 1. The average Bonchev–Trinajstić information content (AvgIpc) is 3.49. The number of likely N-dealkylation sites (tertiary alicyclic amines) is 1. The standard InChI is InChI=1S/C21H26N4O4S/c1-23-15-18(30(28,29)25-12-4-5-13-25)14-19(23)20(26)22-17-8-6-16(7-9-17)21(27)24-10-2-3-11-24/h6-9,14-15H,2-5,10-13H2,1H3,(H,22,26). The maximum absolute atomic E-state index is 12.7. The van der Waals surface area contributed by atoms with Gasteiger partial charge >= 0.3 is 0 Å². The average molecular weight is 431 g/mol. The Balaban J connectivity index is 1.46. The van der Waals surface area contributed by atoms with Gasteiger partial charge in [-0.05, 0) is 56.0 Å². The summed E-state index contributed by atoms with van der Waals surface area (Å²) in [6, 6.07) is 8.18. The van der Waals surface area contributed by atoms with Crippen LogP contribution < -0.4 is 5.32 Å². The molecule has 1 aromatic heterocycles. The van der Waals surface area contributed by atoms with Crippen LogP contribution in [0.15, 0.2) is 41.4 Å². The molecule has 8 nitrogen and oxygen atoms in total. The lowest BCUT2D eigenvalue weighted by Gasteiger charge is -2.15. The van der Waals surface area contributed by atoms with Crippen LogP contribution in [0.4, 0.5) is 5.69 Å². The van der Waals surface area contributed by atoms with Crippen LogP contribution in [0, 0.1) is 0 Å². The first-order valence-corrected chi connectivity index (χ1v) is 11.7. The summed E-state index contributed by atoms with van der Waals surface area (Å²) in [6.45, 7) is 2.60. The van der Waals surface area contributed by atoms with Crippen molar-refractivity contribution in [3.63, 3.8) is 0 Å². The number of rotatable bonds is 5. The molecule has 0 saturated carbocycles. The molecule has 30 heavy (non-hydrogen) atoms. The molecule has 0 atom stereocenters. The Hall–Kier alpha value is -2.65. The van der Waals surface area contributed by atoms with E-state index in [-0.39, 0.29) is 16.5 Å². The molecule has 4 rings (SSSR count). The first-order chi connectivity index (χ1) is 14.4. The van der Waals surface area contributed by atoms with E-state index in [0.717, 1.165) is 38.8 Å². The Morgan fingerprint density at radius 3 is 2.17 bits per heavy atom. The second kappa shape index (κ2) is 8.23. The van der Waals surface area contributed by atoms with E-state index in [4.69, 9.17) is 0 Å². The highest BCUT2D eigenvalue weighted by atomic mass is 32.2. The highest BCUT2D eigenvalue weighted by Gasteiger charge is 2.29. The van der Waals surface area contributed by atoms with Crippen LogP contribution in [-0.2, 0) is 17.1 Å². The normalized spacial score (nSPS) is 17.4. The van der Waals surface area contributed by atoms with Gasteiger partial charge in [-0.3, -0.25) is 9.59 Å². The lowest BCUT2D eigenvalue weighted by Crippen LogP contribution is -2.27. The molecule has 0 aliphatic carbocycles. The number of aromatic nitrogens is 1. The van der Waals surface area contributed by atoms with Gasteiger partial charge < -0.3 is 14.8 Å². The van der Waals surface area contributed by atoms with Crippen molar-refractivity contribution in [2.24, 2.45) is 7.05 Å². The molecule has 3 heterocycles. The van der Waals surface area contributed by atoms with E-state index in [1.165, 1.54) is 21.1 Å². The van der Waals surface area contributed by atoms with E-state index in [1.54, 1.807) is 31.3 Å². The van der Waals surface area contributed by atoms with Crippen molar-refractivity contribution >= 4 is 27.5 Å². The summed E-state index contributed by atoms with van der Waals surface area (Å²) >= 11 is 0. The van der Waals surface area contributed by atoms with Crippen LogP contribution in [0.3, 0.4) is 0 Å². The zero-order valence-corrected chi connectivity index (χ0v) is 17.8. The number of amides is 2. The fourth-order valence-corrected chi connectivity index (χ4v) is 5.56. The molecule has 0 bridgehead atoms. The number of carbonyl (C=O) groups excluding carboxylic acids is 2. The fraction of sp³-hybridized carbons (Fsp3) is 0.429. The van der Waals surface area contributed by atoms with E-state index in [1.807, 2.05) is 4.90 Å². The maximum Gasteiger partial charge on any atom is 0.272 e. The zero-order valence-electron chi connectivity index (χ0n) is 17.0. The van der Waals surface area contributed by atoms with Gasteiger partial charge in [0.15, 0.2) is 0 Å². The molecule has 2 aliphatic rings. The summed E-state index contributed by atoms with van der Waals surface area (Å²) in [4.78, 5) is 27.1. The molecule has 0 radical (unpaired) electrons. The van der Waals surface area contributed by atoms with Crippen LogP contribution in [0.2, 0.25) is 0 Å². The van der Waals surface area contributed by atoms with Crippen molar-refractivity contribution in [1.29, 1.82) is 0 Å². The Kier molecular flexibility index (Phi) is 5.66. The Labute approximate surface area is 176 Å². The van der Waals surface area contributed by atoms with Crippen LogP contribution in [-0.4, -0.2) is 60.2 Å². The predicted molar refractivity (Wildman–Crippen MR) is 113 cm³/mol. The topological polar surface area (TPSA) is 91.7 Å². The summed E-state index contributed by atoms with van der Waals surface area (Å²) in [5.41, 5.74) is 1.39. The van der Waals surface area contributed by atoms with Gasteiger partial charge in [0.05, 0.1) is 0 Å². The second-order valence-corrected chi connectivity index (χ2v) is 9.75. The molecule has 1 N–H and O–H groups in total. The SMILES string of the molecule is Cn1cc(S(=O)(=O)N2CCCC2)cc1C(=O)Nc1ccc(C(=O)N2CCCC2)cc1. The van der Waals surface area contributed by atoms with E-state index >= 15 is 0 Å². The number of aryl methyl sites for hydroxylation is 1. The van der Waals surface area contributed by atoms with Crippen LogP contribution in [0.5, 0.6) is 0 Å². The first-order valence-electron chi connectivity index (χ1n) is 10.2. The van der Waals surface area contributed by atoms with Crippen molar-refractivity contribution in [1.82, 2.24) is 13.8 Å². The summed E-state index contributed by atoms with van der Waals surface area (Å²) < 4.78 is 28.4. The first kappa shape index (κ1) is 20.6. The summed E-state index contributed by atoms with van der Waals surface area (Å²) in [6.07, 6.45) is 5.25. The Morgan fingerprint density at radius 2 is 1.53 bits per heavy atom. The number of hydrogen-bond acceptors (Lipinski definition) is 4. The predicted octanol–water partition coefficient (Wildman–Crippen LogP) is 2.30. The number of nitrogens with one attached hydrogen (secondary N) is 1. The van der Waals surface area contributed by atoms with E-state index < -0.39 is 15.9 Å². The molecule has 9 heteroatoms. The molecule has 0 unspecified atom stereocenters. The van der Waals surface area contributed by atoms with Gasteiger partial charge in [-0.25, -0.2) is 8.42 Å². The number of carbonyl (C=O) groups is 2. The van der Waals surface area contributed by atoms with Crippen molar-refractivity contribution in [2.75, 3.05) is 31.5 Å². The van der Waals surface area contributed by atoms with Gasteiger partial charge in [0.25, 0.3) is 11.8 Å². The van der Waals surface area contributed by atoms with Crippen molar-refractivity contribution in [3.8, 4) is 0 Å². The number of anilines is 1. The molecule has 2 aliphatic heterocycles. The third kappa shape index (κ3) is 3.99. The highest BCUT2D eigenvalue weighted by Crippen LogP contribution is 2.23. The van der Waals surface area contributed by atoms with Gasteiger partial charge in [0.2, 0.25) is 10.0 Å². The van der Waals surface area contributed by atoms with E-state index in [2.05, 4.69) is 5.32 Å². The third-order valence-electron chi connectivity index (χ3n) is 5.70. The largest absolute Gasteiger partial charge is 0.345 e. The summed E-state index contributed by atoms with van der Waals surface area (Å²) in [5.74, 6) is -0.399. The minimum Gasteiger partial charge on any atom is -0.345 e. The molecule has 0 spiro atoms. The smallest absolute Gasteiger partial charge is 0.272 e. The minimum absolute atomic E-state index is 0.00423. The van der Waals surface area contributed by atoms with Crippen molar-refractivity contribution in [2.45, 2.75) is 30.6 Å². The fourth-order valence-electron chi connectivity index (χ4n) is 3.97. The van der Waals surface area contributed by atoms with Gasteiger partial charge in [-0.15, -0.1) is 0 Å². The molecule has 2 aromatic rings. The van der Waals surface area contributed by atoms with Gasteiger partial charge in [-0.1, -0.05) is 0 Å². The molecular weight excluding hydrogens is 404 g/mol. The lowest BCUT2D eigenvalue weighted by molar-refractivity contribution is 0.0792. The third-order valence-corrected chi connectivity index (χ3v) is 7.56. The summed E-state index contributed by atoms with van der Waals surface area (Å²) in [5, 5.41) is 2.78. The molecule has 2 fully saturated rings. The Morgan fingerprint density at radius 1 is 0.933 bits per heavy atom. The van der Waals surface area contributed by atoms with Gasteiger partial charge in [-0.2, -0.15) is 4.31 Å². The molecule has 2 saturated heterocycles.